The van der Waals surface area contributed by atoms with Gasteiger partial charge in [-0.25, -0.2) is 13.8 Å². The molecule has 23 heavy (non-hydrogen) atoms. The number of likely N-dealkylation sites (tertiary alicyclic amines) is 1. The molecule has 2 aromatic rings. The minimum Gasteiger partial charge on any atom is -0.343 e. The molecule has 4 nitrogen and oxygen atoms in total. The number of piperidine rings is 1. The van der Waals surface area contributed by atoms with Crippen LogP contribution in [0.25, 0.3) is 11.0 Å². The van der Waals surface area contributed by atoms with Gasteiger partial charge in [0.2, 0.25) is 6.41 Å². The highest BCUT2D eigenvalue weighted by atomic mass is 19.2. The first-order chi connectivity index (χ1) is 11.0. The number of benzene rings is 1. The summed E-state index contributed by atoms with van der Waals surface area (Å²) in [5.74, 6) is -1.18. The molecule has 1 aromatic carbocycles. The number of amides is 1. The van der Waals surface area contributed by atoms with Gasteiger partial charge in [0.05, 0.1) is 5.52 Å². The second-order valence-electron chi connectivity index (χ2n) is 5.27. The summed E-state index contributed by atoms with van der Waals surface area (Å²) in [7, 11) is 0. The Morgan fingerprint density at radius 2 is 2.00 bits per heavy atom. The van der Waals surface area contributed by atoms with Crippen molar-refractivity contribution in [1.82, 2.24) is 14.9 Å². The fourth-order valence-corrected chi connectivity index (χ4v) is 2.42. The summed E-state index contributed by atoms with van der Waals surface area (Å²) in [6, 6.07) is 3.03. The van der Waals surface area contributed by atoms with Gasteiger partial charge in [0.1, 0.15) is 11.3 Å². The van der Waals surface area contributed by atoms with Crippen LogP contribution in [0, 0.1) is 18.6 Å². The number of rotatable bonds is 1. The molecule has 0 aliphatic carbocycles. The molecule has 1 unspecified atom stereocenters. The molecule has 0 bridgehead atoms. The van der Waals surface area contributed by atoms with Gasteiger partial charge in [0.25, 0.3) is 0 Å². The summed E-state index contributed by atoms with van der Waals surface area (Å²) < 4.78 is 25.6. The molecular weight excluding hydrogens is 300 g/mol. The number of nitrogens with one attached hydrogen (secondary N) is 1. The van der Waals surface area contributed by atoms with Crippen molar-refractivity contribution in [2.24, 2.45) is 0 Å². The topological polar surface area (TPSA) is 49.0 Å². The molecule has 3 rings (SSSR count). The Kier molecular flexibility index (Phi) is 7.65. The summed E-state index contributed by atoms with van der Waals surface area (Å²) in [5.41, 5.74) is 0.582. The maximum absolute atomic E-state index is 13.0. The van der Waals surface area contributed by atoms with E-state index in [9.17, 15) is 13.6 Å². The molecule has 1 aliphatic heterocycles. The summed E-state index contributed by atoms with van der Waals surface area (Å²) in [4.78, 5) is 18.8. The smallest absolute Gasteiger partial charge is 0.209 e. The molecule has 1 fully saturated rings. The van der Waals surface area contributed by atoms with E-state index in [0.29, 0.717) is 17.4 Å². The molecule has 1 aliphatic rings. The van der Waals surface area contributed by atoms with Crippen molar-refractivity contribution in [2.75, 3.05) is 6.54 Å². The normalized spacial score (nSPS) is 17.0. The van der Waals surface area contributed by atoms with Crippen molar-refractivity contribution in [3.8, 4) is 0 Å². The zero-order chi connectivity index (χ0) is 17.4. The first kappa shape index (κ1) is 19.1. The van der Waals surface area contributed by atoms with E-state index in [-0.39, 0.29) is 5.52 Å². The number of aryl methyl sites for hydroxylation is 1. The first-order valence-corrected chi connectivity index (χ1v) is 8.04. The van der Waals surface area contributed by atoms with Crippen LogP contribution in [-0.2, 0) is 4.79 Å². The molecular formula is C17H25F2N3O. The van der Waals surface area contributed by atoms with Gasteiger partial charge in [-0.3, -0.25) is 4.79 Å². The SMILES string of the molecule is CC.CC1CCCCN1C=O.Cc1nc2c(F)c(F)ccc2[nH]1. The van der Waals surface area contributed by atoms with Gasteiger partial charge in [-0.15, -0.1) is 0 Å². The third-order valence-electron chi connectivity index (χ3n) is 3.65. The largest absolute Gasteiger partial charge is 0.343 e. The van der Waals surface area contributed by atoms with Crippen LogP contribution in [0.5, 0.6) is 0 Å². The van der Waals surface area contributed by atoms with Crippen molar-refractivity contribution in [3.05, 3.63) is 29.6 Å². The number of fused-ring (bicyclic) bond motifs is 1. The number of hydrogen-bond donors (Lipinski definition) is 1. The lowest BCUT2D eigenvalue weighted by atomic mass is 10.1. The number of carbonyl (C=O) groups is 1. The molecule has 128 valence electrons. The van der Waals surface area contributed by atoms with E-state index >= 15 is 0 Å². The van der Waals surface area contributed by atoms with Crippen LogP contribution in [0.3, 0.4) is 0 Å². The van der Waals surface area contributed by atoms with Crippen LogP contribution in [-0.4, -0.2) is 33.9 Å². The lowest BCUT2D eigenvalue weighted by Crippen LogP contribution is -2.35. The van der Waals surface area contributed by atoms with E-state index < -0.39 is 11.6 Å². The lowest BCUT2D eigenvalue weighted by molar-refractivity contribution is -0.120. The predicted octanol–water partition coefficient (Wildman–Crippen LogP) is 4.19. The number of halogens is 2. The van der Waals surface area contributed by atoms with E-state index in [1.807, 2.05) is 18.7 Å². The number of carbonyl (C=O) groups excluding carboxylic acids is 1. The fraction of sp³-hybridized carbons (Fsp3) is 0.529. The molecule has 0 saturated carbocycles. The zero-order valence-electron chi connectivity index (χ0n) is 14.2. The zero-order valence-corrected chi connectivity index (χ0v) is 14.2. The monoisotopic (exact) mass is 325 g/mol. The third kappa shape index (κ3) is 5.01. The Labute approximate surface area is 135 Å². The van der Waals surface area contributed by atoms with Gasteiger partial charge in [0, 0.05) is 12.6 Å². The van der Waals surface area contributed by atoms with Gasteiger partial charge < -0.3 is 9.88 Å². The Hall–Kier alpha value is -1.98. The summed E-state index contributed by atoms with van der Waals surface area (Å²) in [5, 5.41) is 0. The average Bonchev–Trinajstić information content (AvgIpc) is 2.95. The Bertz CT molecular complexity index is 628. The first-order valence-electron chi connectivity index (χ1n) is 8.04. The molecule has 0 spiro atoms. The molecule has 6 heteroatoms. The van der Waals surface area contributed by atoms with Gasteiger partial charge >= 0.3 is 0 Å². The standard InChI is InChI=1S/C8H6F2N2.C7H13NO.C2H6/c1-4-11-6-3-2-5(9)7(10)8(6)12-4;1-7-4-2-3-5-8(7)6-9;1-2/h2-3H,1H3,(H,11,12);6-7H,2-5H2,1H3;1-2H3. The van der Waals surface area contributed by atoms with Crippen LogP contribution in [0.4, 0.5) is 8.78 Å². The highest BCUT2D eigenvalue weighted by Crippen LogP contribution is 2.17. The number of aromatic amines is 1. The van der Waals surface area contributed by atoms with Crippen LogP contribution in [0.2, 0.25) is 0 Å². The van der Waals surface area contributed by atoms with E-state index in [2.05, 4.69) is 16.9 Å². The molecule has 1 N–H and O–H groups in total. The molecule has 1 amide bonds. The highest BCUT2D eigenvalue weighted by molar-refractivity contribution is 5.75. The molecule has 1 saturated heterocycles. The van der Waals surface area contributed by atoms with Crippen LogP contribution < -0.4 is 0 Å². The molecule has 0 radical (unpaired) electrons. The minimum atomic E-state index is -0.892. The maximum atomic E-state index is 13.0. The summed E-state index contributed by atoms with van der Waals surface area (Å²) >= 11 is 0. The number of nitrogens with zero attached hydrogens (tertiary/aromatic N) is 2. The summed E-state index contributed by atoms with van der Waals surface area (Å²) in [6.07, 6.45) is 4.61. The lowest BCUT2D eigenvalue weighted by Gasteiger charge is -2.29. The van der Waals surface area contributed by atoms with Crippen LogP contribution in [0.15, 0.2) is 12.1 Å². The van der Waals surface area contributed by atoms with Gasteiger partial charge in [0.15, 0.2) is 11.6 Å². The van der Waals surface area contributed by atoms with Gasteiger partial charge in [-0.2, -0.15) is 0 Å². The van der Waals surface area contributed by atoms with Crippen molar-refractivity contribution >= 4 is 17.4 Å². The van der Waals surface area contributed by atoms with Crippen molar-refractivity contribution < 1.29 is 13.6 Å². The van der Waals surface area contributed by atoms with E-state index in [1.165, 1.54) is 25.3 Å². The third-order valence-corrected chi connectivity index (χ3v) is 3.65. The van der Waals surface area contributed by atoms with Crippen molar-refractivity contribution in [3.63, 3.8) is 0 Å². The predicted molar refractivity (Wildman–Crippen MR) is 88.2 cm³/mol. The Morgan fingerprint density at radius 1 is 1.30 bits per heavy atom. The van der Waals surface area contributed by atoms with Crippen molar-refractivity contribution in [1.29, 1.82) is 0 Å². The molecule has 1 aromatic heterocycles. The Balaban J connectivity index is 0.000000215. The number of aromatic nitrogens is 2. The number of H-pyrrole nitrogens is 1. The van der Waals surface area contributed by atoms with E-state index in [4.69, 9.17) is 0 Å². The van der Waals surface area contributed by atoms with E-state index in [1.54, 1.807) is 6.92 Å². The second-order valence-corrected chi connectivity index (χ2v) is 5.27. The van der Waals surface area contributed by atoms with Crippen LogP contribution >= 0.6 is 0 Å². The van der Waals surface area contributed by atoms with Gasteiger partial charge in [-0.05, 0) is 45.2 Å². The van der Waals surface area contributed by atoms with E-state index in [0.717, 1.165) is 19.0 Å². The maximum Gasteiger partial charge on any atom is 0.209 e. The minimum absolute atomic E-state index is 0.0625. The molecule has 1 atom stereocenters. The Morgan fingerprint density at radius 3 is 2.57 bits per heavy atom. The highest BCUT2D eigenvalue weighted by Gasteiger charge is 2.14. The molecule has 2 heterocycles. The quantitative estimate of drug-likeness (QED) is 0.799. The fourth-order valence-electron chi connectivity index (χ4n) is 2.42. The summed E-state index contributed by atoms with van der Waals surface area (Å²) in [6.45, 7) is 8.76. The number of hydrogen-bond acceptors (Lipinski definition) is 2. The second kappa shape index (κ2) is 9.22. The van der Waals surface area contributed by atoms with Gasteiger partial charge in [-0.1, -0.05) is 13.8 Å². The average molecular weight is 325 g/mol. The number of imidazole rings is 1. The van der Waals surface area contributed by atoms with Crippen LogP contribution in [0.1, 0.15) is 45.9 Å². The van der Waals surface area contributed by atoms with Crippen molar-refractivity contribution in [2.45, 2.75) is 53.0 Å².